The zero-order valence-corrected chi connectivity index (χ0v) is 7.61. The number of aliphatic hydroxyl groups excluding tert-OH is 2. The molecule has 0 radical (unpaired) electrons. The molecule has 1 aromatic rings. The first-order valence-corrected chi connectivity index (χ1v) is 4.31. The number of aromatic amines is 1. The third kappa shape index (κ3) is 2.55. The minimum atomic E-state index is -1.12. The molecule has 13 heavy (non-hydrogen) atoms. The zero-order chi connectivity index (χ0) is 9.84. The fourth-order valence-electron chi connectivity index (χ4n) is 0.817. The highest BCUT2D eigenvalue weighted by atomic mass is 32.1. The highest BCUT2D eigenvalue weighted by Gasteiger charge is 2.17. The molecule has 0 aliphatic carbocycles. The normalized spacial score (nSPS) is 15.3. The SMILES string of the molecule is O=c1ccc(C(O)C(O)CS)n[nH]1. The predicted molar refractivity (Wildman–Crippen MR) is 49.7 cm³/mol. The van der Waals surface area contributed by atoms with Gasteiger partial charge in [-0.3, -0.25) is 4.79 Å². The maximum absolute atomic E-state index is 10.6. The Balaban J connectivity index is 2.83. The fraction of sp³-hybridized carbons (Fsp3) is 0.429. The molecule has 0 saturated heterocycles. The van der Waals surface area contributed by atoms with Gasteiger partial charge < -0.3 is 10.2 Å². The Bertz CT molecular complexity index is 307. The number of H-pyrrole nitrogens is 1. The molecule has 2 atom stereocenters. The highest BCUT2D eigenvalue weighted by molar-refractivity contribution is 7.80. The molecule has 0 bridgehead atoms. The Hall–Kier alpha value is -0.850. The van der Waals surface area contributed by atoms with Crippen LogP contribution in [0.5, 0.6) is 0 Å². The quantitative estimate of drug-likeness (QED) is 0.478. The summed E-state index contributed by atoms with van der Waals surface area (Å²) in [6.45, 7) is 0. The number of aromatic nitrogens is 2. The first-order valence-electron chi connectivity index (χ1n) is 3.67. The number of rotatable bonds is 3. The van der Waals surface area contributed by atoms with Gasteiger partial charge in [-0.2, -0.15) is 17.7 Å². The van der Waals surface area contributed by atoms with E-state index in [1.807, 2.05) is 0 Å². The molecule has 0 aliphatic heterocycles. The Labute approximate surface area is 79.8 Å². The van der Waals surface area contributed by atoms with Crippen LogP contribution in [0.25, 0.3) is 0 Å². The second-order valence-corrected chi connectivity index (χ2v) is 2.91. The van der Waals surface area contributed by atoms with Crippen molar-refractivity contribution in [3.8, 4) is 0 Å². The lowest BCUT2D eigenvalue weighted by atomic mass is 10.1. The summed E-state index contributed by atoms with van der Waals surface area (Å²) in [6, 6.07) is 2.59. The van der Waals surface area contributed by atoms with Crippen LogP contribution in [0.2, 0.25) is 0 Å². The van der Waals surface area contributed by atoms with Crippen molar-refractivity contribution in [2.45, 2.75) is 12.2 Å². The molecule has 3 N–H and O–H groups in total. The molecule has 0 fully saturated rings. The number of nitrogens with one attached hydrogen (secondary N) is 1. The Morgan fingerprint density at radius 1 is 1.54 bits per heavy atom. The molecule has 1 aromatic heterocycles. The molecular formula is C7H10N2O3S. The van der Waals surface area contributed by atoms with E-state index in [1.165, 1.54) is 12.1 Å². The first kappa shape index (κ1) is 10.2. The van der Waals surface area contributed by atoms with Gasteiger partial charge in [-0.15, -0.1) is 0 Å². The average molecular weight is 202 g/mol. The number of hydrogen-bond acceptors (Lipinski definition) is 5. The maximum atomic E-state index is 10.6. The molecule has 0 saturated carbocycles. The van der Waals surface area contributed by atoms with Crippen molar-refractivity contribution >= 4 is 12.6 Å². The summed E-state index contributed by atoms with van der Waals surface area (Å²) in [4.78, 5) is 10.6. The molecule has 72 valence electrons. The van der Waals surface area contributed by atoms with Crippen molar-refractivity contribution in [3.63, 3.8) is 0 Å². The van der Waals surface area contributed by atoms with Crippen molar-refractivity contribution in [2.24, 2.45) is 0 Å². The van der Waals surface area contributed by atoms with Crippen molar-refractivity contribution in [2.75, 3.05) is 5.75 Å². The molecule has 0 spiro atoms. The van der Waals surface area contributed by atoms with Gasteiger partial charge in [-0.1, -0.05) is 0 Å². The van der Waals surface area contributed by atoms with Gasteiger partial charge in [0, 0.05) is 11.8 Å². The topological polar surface area (TPSA) is 86.2 Å². The fourth-order valence-corrected chi connectivity index (χ4v) is 1.02. The van der Waals surface area contributed by atoms with Gasteiger partial charge in [0.1, 0.15) is 6.10 Å². The Kier molecular flexibility index (Phi) is 3.47. The van der Waals surface area contributed by atoms with Crippen LogP contribution in [0.1, 0.15) is 11.8 Å². The molecule has 0 aliphatic rings. The Morgan fingerprint density at radius 2 is 2.23 bits per heavy atom. The standard InChI is InChI=1S/C7H10N2O3S/c10-5(3-13)7(12)4-1-2-6(11)9-8-4/h1-2,5,7,10,12-13H,3H2,(H,9,11). The first-order chi connectivity index (χ1) is 6.15. The van der Waals surface area contributed by atoms with E-state index in [1.54, 1.807) is 0 Å². The number of nitrogens with zero attached hydrogens (tertiary/aromatic N) is 1. The van der Waals surface area contributed by atoms with Crippen LogP contribution >= 0.6 is 12.6 Å². The van der Waals surface area contributed by atoms with Crippen molar-refractivity contribution < 1.29 is 10.2 Å². The monoisotopic (exact) mass is 202 g/mol. The van der Waals surface area contributed by atoms with E-state index in [4.69, 9.17) is 0 Å². The van der Waals surface area contributed by atoms with Gasteiger partial charge in [0.25, 0.3) is 5.56 Å². The van der Waals surface area contributed by atoms with Crippen LogP contribution in [0, 0.1) is 0 Å². The lowest BCUT2D eigenvalue weighted by molar-refractivity contribution is 0.0304. The summed E-state index contributed by atoms with van der Waals surface area (Å²) in [5.41, 5.74) is -0.127. The predicted octanol–water partition coefficient (Wildman–Crippen LogP) is -0.906. The van der Waals surface area contributed by atoms with Crippen LogP contribution in [0.3, 0.4) is 0 Å². The van der Waals surface area contributed by atoms with E-state index in [-0.39, 0.29) is 17.0 Å². The summed E-state index contributed by atoms with van der Waals surface area (Å²) < 4.78 is 0. The summed E-state index contributed by atoms with van der Waals surface area (Å²) in [6.07, 6.45) is -2.10. The number of hydrogen-bond donors (Lipinski definition) is 4. The summed E-state index contributed by atoms with van der Waals surface area (Å²) in [5, 5.41) is 24.3. The van der Waals surface area contributed by atoms with Crippen LogP contribution in [0.4, 0.5) is 0 Å². The molecular weight excluding hydrogens is 192 g/mol. The molecule has 0 aromatic carbocycles. The van der Waals surface area contributed by atoms with E-state index in [0.717, 1.165) is 0 Å². The minimum absolute atomic E-state index is 0.127. The van der Waals surface area contributed by atoms with E-state index < -0.39 is 12.2 Å². The lowest BCUT2D eigenvalue weighted by Gasteiger charge is -2.13. The highest BCUT2D eigenvalue weighted by Crippen LogP contribution is 2.12. The largest absolute Gasteiger partial charge is 0.389 e. The summed E-state index contributed by atoms with van der Waals surface area (Å²) >= 11 is 3.82. The maximum Gasteiger partial charge on any atom is 0.264 e. The van der Waals surface area contributed by atoms with Crippen LogP contribution < -0.4 is 5.56 Å². The van der Waals surface area contributed by atoms with Crippen LogP contribution in [0.15, 0.2) is 16.9 Å². The van der Waals surface area contributed by atoms with Crippen molar-refractivity contribution in [1.29, 1.82) is 0 Å². The van der Waals surface area contributed by atoms with E-state index in [0.29, 0.717) is 0 Å². The second kappa shape index (κ2) is 4.40. The molecule has 2 unspecified atom stereocenters. The zero-order valence-electron chi connectivity index (χ0n) is 6.71. The van der Waals surface area contributed by atoms with Crippen LogP contribution in [-0.4, -0.2) is 32.3 Å². The summed E-state index contributed by atoms with van der Waals surface area (Å²) in [5.74, 6) is 0.127. The number of aliphatic hydroxyl groups is 2. The average Bonchev–Trinajstić information content (AvgIpc) is 2.17. The van der Waals surface area contributed by atoms with Gasteiger partial charge in [0.2, 0.25) is 0 Å². The molecule has 6 heteroatoms. The second-order valence-electron chi connectivity index (χ2n) is 2.54. The lowest BCUT2D eigenvalue weighted by Crippen LogP contribution is -2.22. The third-order valence-electron chi connectivity index (χ3n) is 1.56. The van der Waals surface area contributed by atoms with E-state index in [2.05, 4.69) is 22.8 Å². The smallest absolute Gasteiger partial charge is 0.264 e. The number of thiol groups is 1. The molecule has 1 heterocycles. The van der Waals surface area contributed by atoms with Crippen LogP contribution in [-0.2, 0) is 0 Å². The molecule has 1 rings (SSSR count). The van der Waals surface area contributed by atoms with E-state index >= 15 is 0 Å². The molecule has 5 nitrogen and oxygen atoms in total. The minimum Gasteiger partial charge on any atom is -0.389 e. The summed E-state index contributed by atoms with van der Waals surface area (Å²) in [7, 11) is 0. The Morgan fingerprint density at radius 3 is 2.69 bits per heavy atom. The molecule has 0 amide bonds. The van der Waals surface area contributed by atoms with Gasteiger partial charge >= 0.3 is 0 Å². The van der Waals surface area contributed by atoms with E-state index in [9.17, 15) is 15.0 Å². The third-order valence-corrected chi connectivity index (χ3v) is 1.93. The van der Waals surface area contributed by atoms with Crippen molar-refractivity contribution in [1.82, 2.24) is 10.2 Å². The van der Waals surface area contributed by atoms with Gasteiger partial charge in [0.15, 0.2) is 0 Å². The van der Waals surface area contributed by atoms with Gasteiger partial charge in [0.05, 0.1) is 11.8 Å². The van der Waals surface area contributed by atoms with Crippen molar-refractivity contribution in [3.05, 3.63) is 28.2 Å². The van der Waals surface area contributed by atoms with Gasteiger partial charge in [-0.25, -0.2) is 5.10 Å². The van der Waals surface area contributed by atoms with Gasteiger partial charge in [-0.05, 0) is 6.07 Å².